The summed E-state index contributed by atoms with van der Waals surface area (Å²) in [6.45, 7) is 4.28. The smallest absolute Gasteiger partial charge is 0.341 e. The van der Waals surface area contributed by atoms with Crippen molar-refractivity contribution in [2.45, 2.75) is 43.0 Å². The summed E-state index contributed by atoms with van der Waals surface area (Å²) in [6, 6.07) is 24.4. The number of carbonyl (C=O) groups excluding carboxylic acids is 3. The lowest BCUT2D eigenvalue weighted by Crippen LogP contribution is -2.30. The number of nitrogens with one attached hydrogen (secondary N) is 2. The minimum Gasteiger partial charge on any atom is -0.465 e. The molecule has 2 amide bonds. The van der Waals surface area contributed by atoms with Gasteiger partial charge in [-0.1, -0.05) is 61.0 Å². The van der Waals surface area contributed by atoms with Crippen LogP contribution in [0.3, 0.4) is 0 Å². The van der Waals surface area contributed by atoms with Crippen LogP contribution in [0.2, 0.25) is 5.02 Å². The van der Waals surface area contributed by atoms with Crippen molar-refractivity contribution in [2.75, 3.05) is 24.3 Å². The molecule has 0 bridgehead atoms. The lowest BCUT2D eigenvalue weighted by Gasteiger charge is -2.27. The van der Waals surface area contributed by atoms with E-state index in [-0.39, 0.29) is 11.8 Å². The number of nitrogens with zero attached hydrogens (tertiary/aromatic N) is 1. The van der Waals surface area contributed by atoms with Crippen LogP contribution in [0.25, 0.3) is 0 Å². The number of carbonyl (C=O) groups is 3. The van der Waals surface area contributed by atoms with Crippen LogP contribution in [-0.2, 0) is 29.0 Å². The van der Waals surface area contributed by atoms with Crippen LogP contribution in [0.4, 0.5) is 10.7 Å². The molecule has 1 atom stereocenters. The number of benzene rings is 3. The van der Waals surface area contributed by atoms with Gasteiger partial charge in [0.05, 0.1) is 17.9 Å². The maximum atomic E-state index is 13.5. The lowest BCUT2D eigenvalue weighted by molar-refractivity contribution is -0.115. The van der Waals surface area contributed by atoms with Crippen molar-refractivity contribution in [3.05, 3.63) is 111 Å². The number of hydrogen-bond donors (Lipinski definition) is 2. The van der Waals surface area contributed by atoms with Crippen LogP contribution in [0.1, 0.15) is 50.1 Å². The highest BCUT2D eigenvalue weighted by Gasteiger charge is 2.30. The fourth-order valence-corrected chi connectivity index (χ4v) is 7.48. The maximum absolute atomic E-state index is 13.5. The fraction of sp³-hybridized carbons (Fsp3) is 0.242. The molecule has 0 spiro atoms. The summed E-state index contributed by atoms with van der Waals surface area (Å²) in [5.41, 5.74) is 3.73. The van der Waals surface area contributed by atoms with Gasteiger partial charge in [-0.2, -0.15) is 0 Å². The van der Waals surface area contributed by atoms with E-state index >= 15 is 0 Å². The van der Waals surface area contributed by atoms with E-state index in [4.69, 9.17) is 16.3 Å². The van der Waals surface area contributed by atoms with Crippen molar-refractivity contribution in [1.29, 1.82) is 0 Å². The number of rotatable bonds is 10. The van der Waals surface area contributed by atoms with Gasteiger partial charge in [-0.15, -0.1) is 23.1 Å². The Bertz CT molecular complexity index is 1630. The summed E-state index contributed by atoms with van der Waals surface area (Å²) >= 11 is 8.89. The van der Waals surface area contributed by atoms with Gasteiger partial charge in [0.2, 0.25) is 5.91 Å². The molecule has 1 aromatic heterocycles. The van der Waals surface area contributed by atoms with Gasteiger partial charge >= 0.3 is 5.97 Å². The van der Waals surface area contributed by atoms with Gasteiger partial charge in [0.25, 0.3) is 5.91 Å². The Morgan fingerprint density at radius 3 is 2.56 bits per heavy atom. The number of ether oxygens (including phenoxy) is 1. The van der Waals surface area contributed by atoms with Crippen molar-refractivity contribution >= 4 is 63.2 Å². The number of anilines is 2. The third-order valence-corrected chi connectivity index (χ3v) is 9.86. The molecular formula is C33H32ClN3O4S2. The number of halogens is 1. The Balaban J connectivity index is 1.28. The van der Waals surface area contributed by atoms with Gasteiger partial charge < -0.3 is 15.4 Å². The van der Waals surface area contributed by atoms with Gasteiger partial charge in [-0.25, -0.2) is 4.79 Å². The van der Waals surface area contributed by atoms with Crippen LogP contribution >= 0.6 is 34.7 Å². The molecule has 1 aliphatic heterocycles. The summed E-state index contributed by atoms with van der Waals surface area (Å²) in [4.78, 5) is 43.4. The number of thiophene rings is 1. The van der Waals surface area contributed by atoms with E-state index in [0.29, 0.717) is 46.2 Å². The topological polar surface area (TPSA) is 87.7 Å². The highest BCUT2D eigenvalue weighted by molar-refractivity contribution is 8.00. The van der Waals surface area contributed by atoms with Crippen LogP contribution in [-0.4, -0.2) is 41.6 Å². The predicted octanol–water partition coefficient (Wildman–Crippen LogP) is 7.51. The zero-order valence-electron chi connectivity index (χ0n) is 23.9. The molecule has 3 aromatic carbocycles. The number of hydrogen-bond acceptors (Lipinski definition) is 7. The molecule has 2 N–H and O–H groups in total. The van der Waals surface area contributed by atoms with Gasteiger partial charge in [-0.3, -0.25) is 14.5 Å². The second-order valence-electron chi connectivity index (χ2n) is 10.1. The minimum atomic E-state index is -0.437. The Morgan fingerprint density at radius 2 is 1.81 bits per heavy atom. The second-order valence-corrected chi connectivity index (χ2v) is 13.0. The molecule has 0 saturated carbocycles. The Kier molecular flexibility index (Phi) is 10.2. The Hall–Kier alpha value is -3.63. The van der Waals surface area contributed by atoms with Crippen LogP contribution in [0.5, 0.6) is 0 Å². The van der Waals surface area contributed by atoms with E-state index in [9.17, 15) is 14.4 Å². The number of esters is 1. The lowest BCUT2D eigenvalue weighted by atomic mass is 10.0. The van der Waals surface area contributed by atoms with Crippen LogP contribution < -0.4 is 10.6 Å². The molecule has 5 rings (SSSR count). The second kappa shape index (κ2) is 14.2. The highest BCUT2D eigenvalue weighted by Crippen LogP contribution is 2.39. The zero-order chi connectivity index (χ0) is 30.3. The number of amides is 2. The fourth-order valence-electron chi connectivity index (χ4n) is 5.00. The number of methoxy groups -OCH3 is 1. The molecular weight excluding hydrogens is 602 g/mol. The van der Waals surface area contributed by atoms with Crippen molar-refractivity contribution in [1.82, 2.24) is 4.90 Å². The van der Waals surface area contributed by atoms with Gasteiger partial charge in [0, 0.05) is 45.7 Å². The first kappa shape index (κ1) is 30.8. The largest absolute Gasteiger partial charge is 0.465 e. The molecule has 43 heavy (non-hydrogen) atoms. The van der Waals surface area contributed by atoms with E-state index < -0.39 is 11.2 Å². The summed E-state index contributed by atoms with van der Waals surface area (Å²) in [7, 11) is 1.37. The molecule has 10 heteroatoms. The van der Waals surface area contributed by atoms with Crippen molar-refractivity contribution in [3.63, 3.8) is 0 Å². The average Bonchev–Trinajstić information content (AvgIpc) is 3.37. The third-order valence-electron chi connectivity index (χ3n) is 7.13. The van der Waals surface area contributed by atoms with E-state index in [1.54, 1.807) is 30.3 Å². The molecule has 0 fully saturated rings. The van der Waals surface area contributed by atoms with E-state index in [1.165, 1.54) is 35.8 Å². The molecule has 7 nitrogen and oxygen atoms in total. The summed E-state index contributed by atoms with van der Waals surface area (Å²) < 4.78 is 5.13. The Morgan fingerprint density at radius 1 is 1.02 bits per heavy atom. The van der Waals surface area contributed by atoms with Crippen LogP contribution in [0, 0.1) is 0 Å². The molecule has 2 heterocycles. The molecule has 0 saturated heterocycles. The first-order valence-electron chi connectivity index (χ1n) is 14.0. The predicted molar refractivity (Wildman–Crippen MR) is 174 cm³/mol. The number of fused-ring (bicyclic) bond motifs is 1. The summed E-state index contributed by atoms with van der Waals surface area (Å²) in [5.74, 6) is -0.896. The Labute approximate surface area is 264 Å². The first-order chi connectivity index (χ1) is 20.8. The molecule has 0 aliphatic carbocycles. The summed E-state index contributed by atoms with van der Waals surface area (Å²) in [6.07, 6.45) is 1.28. The van der Waals surface area contributed by atoms with Gasteiger partial charge in [0.15, 0.2) is 0 Å². The summed E-state index contributed by atoms with van der Waals surface area (Å²) in [5, 5.41) is 6.54. The minimum absolute atomic E-state index is 0.189. The third kappa shape index (κ3) is 7.67. The number of thioether (sulfide) groups is 1. The first-order valence-corrected chi connectivity index (χ1v) is 16.1. The van der Waals surface area contributed by atoms with Crippen molar-refractivity contribution in [2.24, 2.45) is 0 Å². The highest BCUT2D eigenvalue weighted by atomic mass is 35.5. The zero-order valence-corrected chi connectivity index (χ0v) is 26.3. The SMILES string of the molecule is CCC(Sc1cccc(NC(=O)c2cccc(Cl)c2)c1)C(=O)Nc1sc2c(c1C(=O)OC)CCN(Cc1ccccc1)C2. The van der Waals surface area contributed by atoms with E-state index in [2.05, 4.69) is 27.7 Å². The molecule has 0 radical (unpaired) electrons. The van der Waals surface area contributed by atoms with Crippen LogP contribution in [0.15, 0.2) is 83.8 Å². The van der Waals surface area contributed by atoms with Gasteiger partial charge in [-0.05, 0) is 60.4 Å². The van der Waals surface area contributed by atoms with Crippen molar-refractivity contribution < 1.29 is 19.1 Å². The molecule has 1 unspecified atom stereocenters. The van der Waals surface area contributed by atoms with E-state index in [1.807, 2.05) is 43.3 Å². The molecule has 4 aromatic rings. The normalized spacial score (nSPS) is 13.6. The quantitative estimate of drug-likeness (QED) is 0.139. The van der Waals surface area contributed by atoms with Gasteiger partial charge in [0.1, 0.15) is 5.00 Å². The van der Waals surface area contributed by atoms with Crippen molar-refractivity contribution in [3.8, 4) is 0 Å². The van der Waals surface area contributed by atoms with E-state index in [0.717, 1.165) is 28.4 Å². The monoisotopic (exact) mass is 633 g/mol. The standard InChI is InChI=1S/C33H32ClN3O4S2/c1-3-27(42-25-14-8-13-24(18-25)35-30(38)22-11-7-12-23(34)17-22)31(39)36-32-29(33(40)41-2)26-15-16-37(20-28(26)43-32)19-21-9-5-4-6-10-21/h4-14,17-18,27H,3,15-16,19-20H2,1-2H3,(H,35,38)(H,36,39). The maximum Gasteiger partial charge on any atom is 0.341 e. The molecule has 1 aliphatic rings. The molecule has 222 valence electrons. The average molecular weight is 634 g/mol.